The van der Waals surface area contributed by atoms with Gasteiger partial charge in [-0.3, -0.25) is 4.79 Å². The molecule has 1 fully saturated rings. The molecular formula is C20H26N6O. The molecule has 0 bridgehead atoms. The molecule has 1 amide bonds. The molecule has 0 radical (unpaired) electrons. The summed E-state index contributed by atoms with van der Waals surface area (Å²) in [4.78, 5) is 19.2. The Kier molecular flexibility index (Phi) is 4.78. The molecule has 2 aromatic heterocycles. The third-order valence-electron chi connectivity index (χ3n) is 5.37. The van der Waals surface area contributed by atoms with E-state index in [1.807, 2.05) is 44.1 Å². The number of likely N-dealkylation sites (N-methyl/N-ethyl adjacent to an activating group) is 1. The van der Waals surface area contributed by atoms with Crippen LogP contribution in [0.3, 0.4) is 0 Å². The minimum Gasteiger partial charge on any atom is -0.351 e. The number of imidazole rings is 1. The van der Waals surface area contributed by atoms with Crippen LogP contribution in [0.2, 0.25) is 0 Å². The van der Waals surface area contributed by atoms with E-state index in [4.69, 9.17) is 0 Å². The number of rotatable bonds is 5. The van der Waals surface area contributed by atoms with E-state index in [0.717, 1.165) is 28.8 Å². The van der Waals surface area contributed by atoms with Crippen LogP contribution in [0.5, 0.6) is 0 Å². The molecule has 1 saturated carbocycles. The average Bonchev–Trinajstić information content (AvgIpc) is 3.27. The third kappa shape index (κ3) is 3.39. The molecule has 27 heavy (non-hydrogen) atoms. The molecule has 7 heteroatoms. The van der Waals surface area contributed by atoms with E-state index in [1.54, 1.807) is 0 Å². The first kappa shape index (κ1) is 17.9. The van der Waals surface area contributed by atoms with Gasteiger partial charge in [0.15, 0.2) is 0 Å². The van der Waals surface area contributed by atoms with Crippen LogP contribution in [0, 0.1) is 6.92 Å². The number of hydrogen-bond donors (Lipinski definition) is 1. The summed E-state index contributed by atoms with van der Waals surface area (Å²) >= 11 is 0. The first-order valence-electron chi connectivity index (χ1n) is 9.62. The summed E-state index contributed by atoms with van der Waals surface area (Å²) in [6, 6.07) is 6.09. The van der Waals surface area contributed by atoms with Gasteiger partial charge in [0.1, 0.15) is 5.82 Å². The molecule has 1 N–H and O–H groups in total. The van der Waals surface area contributed by atoms with Crippen LogP contribution in [-0.2, 0) is 0 Å². The molecule has 1 aromatic carbocycles. The molecule has 0 aliphatic heterocycles. The van der Waals surface area contributed by atoms with Gasteiger partial charge >= 0.3 is 0 Å². The molecule has 7 nitrogen and oxygen atoms in total. The Hall–Kier alpha value is -2.54. The standard InChI is InChI=1S/C20H26N6O/c1-13-22-19-18(26(13)15-6-4-5-7-15)16-12-14(8-9-17(16)23-24-19)20(27)21-10-11-25(2)3/h8-9,12,15H,4-7,10-11H2,1-3H3,(H,21,27). The quantitative estimate of drug-likeness (QED) is 0.751. The fourth-order valence-electron chi connectivity index (χ4n) is 4.01. The van der Waals surface area contributed by atoms with Crippen LogP contribution in [0.1, 0.15) is 47.9 Å². The minimum absolute atomic E-state index is 0.0626. The van der Waals surface area contributed by atoms with Crippen molar-refractivity contribution in [2.24, 2.45) is 0 Å². The molecule has 4 rings (SSSR count). The van der Waals surface area contributed by atoms with Crippen molar-refractivity contribution in [3.63, 3.8) is 0 Å². The van der Waals surface area contributed by atoms with Crippen molar-refractivity contribution in [2.45, 2.75) is 38.6 Å². The molecule has 0 unspecified atom stereocenters. The largest absolute Gasteiger partial charge is 0.351 e. The van der Waals surface area contributed by atoms with E-state index in [0.29, 0.717) is 23.8 Å². The summed E-state index contributed by atoms with van der Waals surface area (Å²) in [5.41, 5.74) is 3.11. The van der Waals surface area contributed by atoms with Crippen molar-refractivity contribution in [3.8, 4) is 0 Å². The van der Waals surface area contributed by atoms with Gasteiger partial charge in [0.25, 0.3) is 5.91 Å². The second-order valence-corrected chi connectivity index (χ2v) is 7.63. The van der Waals surface area contributed by atoms with Crippen molar-refractivity contribution in [2.75, 3.05) is 27.2 Å². The number of benzene rings is 1. The number of nitrogens with zero attached hydrogens (tertiary/aromatic N) is 5. The number of hydrogen-bond acceptors (Lipinski definition) is 5. The SMILES string of the molecule is Cc1nc2nnc3ccc(C(=O)NCCN(C)C)cc3c2n1C1CCCC1. The number of amides is 1. The molecule has 0 atom stereocenters. The lowest BCUT2D eigenvalue weighted by Gasteiger charge is -2.15. The summed E-state index contributed by atoms with van der Waals surface area (Å²) in [6.45, 7) is 3.46. The second-order valence-electron chi connectivity index (χ2n) is 7.63. The van der Waals surface area contributed by atoms with Crippen molar-refractivity contribution >= 4 is 28.0 Å². The Morgan fingerprint density at radius 2 is 2.04 bits per heavy atom. The Labute approximate surface area is 158 Å². The van der Waals surface area contributed by atoms with Gasteiger partial charge in [-0.25, -0.2) is 4.98 Å². The molecule has 0 spiro atoms. The number of aromatic nitrogens is 4. The van der Waals surface area contributed by atoms with Gasteiger partial charge in [0.2, 0.25) is 5.65 Å². The summed E-state index contributed by atoms with van der Waals surface area (Å²) < 4.78 is 2.31. The molecule has 1 aliphatic carbocycles. The highest BCUT2D eigenvalue weighted by Crippen LogP contribution is 2.35. The second kappa shape index (κ2) is 7.23. The van der Waals surface area contributed by atoms with E-state index in [2.05, 4.69) is 25.1 Å². The number of fused-ring (bicyclic) bond motifs is 3. The maximum Gasteiger partial charge on any atom is 0.251 e. The summed E-state index contributed by atoms with van der Waals surface area (Å²) in [5, 5.41) is 12.6. The van der Waals surface area contributed by atoms with E-state index in [-0.39, 0.29) is 5.91 Å². The summed E-state index contributed by atoms with van der Waals surface area (Å²) in [5.74, 6) is 0.909. The number of aryl methyl sites for hydroxylation is 1. The van der Waals surface area contributed by atoms with Gasteiger partial charge in [0, 0.05) is 30.1 Å². The third-order valence-corrected chi connectivity index (χ3v) is 5.37. The van der Waals surface area contributed by atoms with Gasteiger partial charge in [-0.15, -0.1) is 10.2 Å². The van der Waals surface area contributed by atoms with E-state index in [9.17, 15) is 4.79 Å². The fraction of sp³-hybridized carbons (Fsp3) is 0.500. The van der Waals surface area contributed by atoms with Crippen LogP contribution in [0.4, 0.5) is 0 Å². The van der Waals surface area contributed by atoms with Gasteiger partial charge in [-0.05, 0) is 52.1 Å². The van der Waals surface area contributed by atoms with Crippen LogP contribution in [0.25, 0.3) is 22.1 Å². The number of nitrogens with one attached hydrogen (secondary N) is 1. The predicted octanol–water partition coefficient (Wildman–Crippen LogP) is 2.69. The lowest BCUT2D eigenvalue weighted by molar-refractivity contribution is 0.0951. The average molecular weight is 366 g/mol. The van der Waals surface area contributed by atoms with E-state index in [1.165, 1.54) is 25.7 Å². The lowest BCUT2D eigenvalue weighted by atomic mass is 10.1. The maximum absolute atomic E-state index is 12.6. The fourth-order valence-corrected chi connectivity index (χ4v) is 4.01. The van der Waals surface area contributed by atoms with Gasteiger partial charge in [0.05, 0.1) is 11.0 Å². The van der Waals surface area contributed by atoms with Crippen LogP contribution < -0.4 is 5.32 Å². The van der Waals surface area contributed by atoms with Gasteiger partial charge in [-0.2, -0.15) is 0 Å². The molecule has 142 valence electrons. The van der Waals surface area contributed by atoms with Crippen LogP contribution >= 0.6 is 0 Å². The Morgan fingerprint density at radius 1 is 1.26 bits per heavy atom. The normalized spacial score (nSPS) is 15.3. The first-order chi connectivity index (χ1) is 13.0. The first-order valence-corrected chi connectivity index (χ1v) is 9.62. The maximum atomic E-state index is 12.6. The zero-order valence-corrected chi connectivity index (χ0v) is 16.2. The number of carbonyl (C=O) groups excluding carboxylic acids is 1. The molecule has 0 saturated heterocycles. The van der Waals surface area contributed by atoms with Crippen molar-refractivity contribution in [1.29, 1.82) is 0 Å². The Morgan fingerprint density at radius 3 is 2.78 bits per heavy atom. The molecule has 1 aliphatic rings. The molecule has 2 heterocycles. The zero-order valence-electron chi connectivity index (χ0n) is 16.2. The van der Waals surface area contributed by atoms with Crippen LogP contribution in [0.15, 0.2) is 18.2 Å². The lowest BCUT2D eigenvalue weighted by Crippen LogP contribution is -2.31. The van der Waals surface area contributed by atoms with E-state index >= 15 is 0 Å². The summed E-state index contributed by atoms with van der Waals surface area (Å²) in [7, 11) is 3.98. The monoisotopic (exact) mass is 366 g/mol. The van der Waals surface area contributed by atoms with Crippen molar-refractivity contribution in [1.82, 2.24) is 30.0 Å². The Bertz CT molecular complexity index is 987. The highest BCUT2D eigenvalue weighted by Gasteiger charge is 2.23. The van der Waals surface area contributed by atoms with Crippen molar-refractivity contribution < 1.29 is 4.79 Å². The zero-order chi connectivity index (χ0) is 19.0. The highest BCUT2D eigenvalue weighted by molar-refractivity contribution is 6.05. The van der Waals surface area contributed by atoms with E-state index < -0.39 is 0 Å². The Balaban J connectivity index is 1.77. The topological polar surface area (TPSA) is 75.9 Å². The van der Waals surface area contributed by atoms with Gasteiger partial charge in [-0.1, -0.05) is 12.8 Å². The predicted molar refractivity (Wildman–Crippen MR) is 106 cm³/mol. The smallest absolute Gasteiger partial charge is 0.251 e. The minimum atomic E-state index is -0.0626. The van der Waals surface area contributed by atoms with Crippen molar-refractivity contribution in [3.05, 3.63) is 29.6 Å². The molecule has 3 aromatic rings. The van der Waals surface area contributed by atoms with Crippen LogP contribution in [-0.4, -0.2) is 57.7 Å². The summed E-state index contributed by atoms with van der Waals surface area (Å²) in [6.07, 6.45) is 4.83. The highest BCUT2D eigenvalue weighted by atomic mass is 16.1. The number of carbonyl (C=O) groups is 1. The molecular weight excluding hydrogens is 340 g/mol. The van der Waals surface area contributed by atoms with Gasteiger partial charge < -0.3 is 14.8 Å².